The van der Waals surface area contributed by atoms with E-state index >= 15 is 0 Å². The maximum Gasteiger partial charge on any atom is 0.257 e. The van der Waals surface area contributed by atoms with Crippen molar-refractivity contribution in [2.24, 2.45) is 0 Å². The number of ether oxygens (including phenoxy) is 1. The Morgan fingerprint density at radius 1 is 0.885 bits per heavy atom. The number of amides is 3. The van der Waals surface area contributed by atoms with E-state index in [4.69, 9.17) is 4.74 Å². The van der Waals surface area contributed by atoms with E-state index < -0.39 is 0 Å². The number of nitrogens with one attached hydrogen (secondary N) is 3. The fourth-order valence-electron chi connectivity index (χ4n) is 2.09. The lowest BCUT2D eigenvalue weighted by Crippen LogP contribution is -2.32. The molecule has 0 aliphatic carbocycles. The standard InChI is InChI=1S/C19H21N3O4/c1-2-20-18(24)13-26-16-10-8-15(9-11-16)22-17(23)12-21-19(25)14-6-4-3-5-7-14/h3-11H,2,12-13H2,1H3,(H,20,24)(H,21,25)(H,22,23). The van der Waals surface area contributed by atoms with Gasteiger partial charge in [0.25, 0.3) is 11.8 Å². The summed E-state index contributed by atoms with van der Waals surface area (Å²) in [4.78, 5) is 35.1. The van der Waals surface area contributed by atoms with Gasteiger partial charge in [0.1, 0.15) is 5.75 Å². The van der Waals surface area contributed by atoms with Crippen LogP contribution >= 0.6 is 0 Å². The Morgan fingerprint density at radius 3 is 2.23 bits per heavy atom. The Bertz CT molecular complexity index is 745. The minimum atomic E-state index is -0.342. The van der Waals surface area contributed by atoms with Crippen LogP contribution in [0.4, 0.5) is 5.69 Å². The molecule has 0 fully saturated rings. The number of carbonyl (C=O) groups excluding carboxylic acids is 3. The minimum Gasteiger partial charge on any atom is -0.484 e. The highest BCUT2D eigenvalue weighted by atomic mass is 16.5. The van der Waals surface area contributed by atoms with E-state index in [0.29, 0.717) is 23.5 Å². The Morgan fingerprint density at radius 2 is 1.58 bits per heavy atom. The van der Waals surface area contributed by atoms with Gasteiger partial charge in [0.15, 0.2) is 6.61 Å². The van der Waals surface area contributed by atoms with Gasteiger partial charge in [-0.05, 0) is 43.3 Å². The van der Waals surface area contributed by atoms with Crippen LogP contribution in [0.25, 0.3) is 0 Å². The molecule has 0 saturated carbocycles. The van der Waals surface area contributed by atoms with Crippen molar-refractivity contribution < 1.29 is 19.1 Å². The van der Waals surface area contributed by atoms with Crippen molar-refractivity contribution in [2.75, 3.05) is 25.0 Å². The van der Waals surface area contributed by atoms with Gasteiger partial charge < -0.3 is 20.7 Å². The fourth-order valence-corrected chi connectivity index (χ4v) is 2.09. The van der Waals surface area contributed by atoms with Crippen molar-refractivity contribution >= 4 is 23.4 Å². The van der Waals surface area contributed by atoms with Gasteiger partial charge in [-0.1, -0.05) is 18.2 Å². The van der Waals surface area contributed by atoms with Gasteiger partial charge in [-0.25, -0.2) is 0 Å². The van der Waals surface area contributed by atoms with Crippen molar-refractivity contribution in [3.05, 3.63) is 60.2 Å². The van der Waals surface area contributed by atoms with Crippen molar-refractivity contribution in [3.8, 4) is 5.75 Å². The van der Waals surface area contributed by atoms with Crippen LogP contribution in [0.3, 0.4) is 0 Å². The molecule has 136 valence electrons. The summed E-state index contributed by atoms with van der Waals surface area (Å²) < 4.78 is 5.33. The van der Waals surface area contributed by atoms with Crippen LogP contribution in [-0.2, 0) is 9.59 Å². The molecule has 3 amide bonds. The molecule has 2 aromatic rings. The molecule has 0 unspecified atom stereocenters. The average molecular weight is 355 g/mol. The highest BCUT2D eigenvalue weighted by Crippen LogP contribution is 2.15. The van der Waals surface area contributed by atoms with Gasteiger partial charge in [-0.3, -0.25) is 14.4 Å². The Labute approximate surface area is 151 Å². The average Bonchev–Trinajstić information content (AvgIpc) is 2.66. The zero-order chi connectivity index (χ0) is 18.8. The predicted molar refractivity (Wildman–Crippen MR) is 98.0 cm³/mol. The van der Waals surface area contributed by atoms with Crippen molar-refractivity contribution in [2.45, 2.75) is 6.92 Å². The normalized spacial score (nSPS) is 9.88. The van der Waals surface area contributed by atoms with Gasteiger partial charge in [0.05, 0.1) is 6.54 Å². The Balaban J connectivity index is 1.76. The first-order valence-corrected chi connectivity index (χ1v) is 8.21. The lowest BCUT2D eigenvalue weighted by atomic mass is 10.2. The predicted octanol–water partition coefficient (Wildman–Crippen LogP) is 1.57. The second-order valence-corrected chi connectivity index (χ2v) is 5.36. The molecular weight excluding hydrogens is 334 g/mol. The van der Waals surface area contributed by atoms with E-state index in [2.05, 4.69) is 16.0 Å². The molecule has 0 radical (unpaired) electrons. The SMILES string of the molecule is CCNC(=O)COc1ccc(NC(=O)CNC(=O)c2ccccc2)cc1. The number of hydrogen-bond donors (Lipinski definition) is 3. The van der Waals surface area contributed by atoms with Crippen LogP contribution in [0, 0.1) is 0 Å². The van der Waals surface area contributed by atoms with E-state index in [1.54, 1.807) is 48.5 Å². The third kappa shape index (κ3) is 6.27. The minimum absolute atomic E-state index is 0.0644. The third-order valence-corrected chi connectivity index (χ3v) is 3.33. The lowest BCUT2D eigenvalue weighted by molar-refractivity contribution is -0.123. The first-order valence-electron chi connectivity index (χ1n) is 8.21. The largest absolute Gasteiger partial charge is 0.484 e. The summed E-state index contributed by atoms with van der Waals surface area (Å²) in [6, 6.07) is 15.3. The summed E-state index contributed by atoms with van der Waals surface area (Å²) in [6.45, 7) is 2.18. The molecular formula is C19H21N3O4. The molecule has 2 rings (SSSR count). The second-order valence-electron chi connectivity index (χ2n) is 5.36. The summed E-state index contributed by atoms with van der Waals surface area (Å²) in [6.07, 6.45) is 0. The van der Waals surface area contributed by atoms with Crippen molar-refractivity contribution in [1.29, 1.82) is 0 Å². The van der Waals surface area contributed by atoms with Crippen LogP contribution in [0.2, 0.25) is 0 Å². The molecule has 0 spiro atoms. The molecule has 0 aliphatic heterocycles. The number of benzene rings is 2. The first kappa shape index (κ1) is 19.0. The van der Waals surface area contributed by atoms with E-state index in [9.17, 15) is 14.4 Å². The molecule has 0 aromatic heterocycles. The Hall–Kier alpha value is -3.35. The summed E-state index contributed by atoms with van der Waals surface area (Å²) in [5, 5.41) is 7.86. The maximum absolute atomic E-state index is 11.9. The molecule has 26 heavy (non-hydrogen) atoms. The van der Waals surface area contributed by atoms with Crippen molar-refractivity contribution in [3.63, 3.8) is 0 Å². The Kier molecular flexibility index (Phi) is 7.17. The van der Waals surface area contributed by atoms with Crippen LogP contribution in [0.1, 0.15) is 17.3 Å². The maximum atomic E-state index is 11.9. The van der Waals surface area contributed by atoms with Gasteiger partial charge in [-0.15, -0.1) is 0 Å². The fraction of sp³-hybridized carbons (Fsp3) is 0.211. The zero-order valence-electron chi connectivity index (χ0n) is 14.5. The van der Waals surface area contributed by atoms with Gasteiger partial charge in [0, 0.05) is 17.8 Å². The molecule has 0 bridgehead atoms. The van der Waals surface area contributed by atoms with Gasteiger partial charge in [-0.2, -0.15) is 0 Å². The van der Waals surface area contributed by atoms with Gasteiger partial charge >= 0.3 is 0 Å². The van der Waals surface area contributed by atoms with Crippen LogP contribution in [-0.4, -0.2) is 37.4 Å². The molecule has 0 atom stereocenters. The third-order valence-electron chi connectivity index (χ3n) is 3.33. The smallest absolute Gasteiger partial charge is 0.257 e. The number of likely N-dealkylation sites (N-methyl/N-ethyl adjacent to an activating group) is 1. The highest BCUT2D eigenvalue weighted by molar-refractivity contribution is 5.99. The monoisotopic (exact) mass is 355 g/mol. The van der Waals surface area contributed by atoms with E-state index in [1.807, 2.05) is 13.0 Å². The number of rotatable bonds is 8. The van der Waals surface area contributed by atoms with E-state index in [-0.39, 0.29) is 30.9 Å². The topological polar surface area (TPSA) is 96.5 Å². The molecule has 0 heterocycles. The molecule has 7 nitrogen and oxygen atoms in total. The lowest BCUT2D eigenvalue weighted by Gasteiger charge is -2.09. The summed E-state index contributed by atoms with van der Waals surface area (Å²) in [7, 11) is 0. The first-order chi connectivity index (χ1) is 12.6. The number of anilines is 1. The number of carbonyl (C=O) groups is 3. The molecule has 0 aliphatic rings. The van der Waals surface area contributed by atoms with E-state index in [1.165, 1.54) is 0 Å². The van der Waals surface area contributed by atoms with Crippen LogP contribution in [0.15, 0.2) is 54.6 Å². The van der Waals surface area contributed by atoms with Gasteiger partial charge in [0.2, 0.25) is 5.91 Å². The highest BCUT2D eigenvalue weighted by Gasteiger charge is 2.08. The molecule has 0 saturated heterocycles. The van der Waals surface area contributed by atoms with Crippen molar-refractivity contribution in [1.82, 2.24) is 10.6 Å². The number of hydrogen-bond acceptors (Lipinski definition) is 4. The summed E-state index contributed by atoms with van der Waals surface area (Å²) in [5.74, 6) is -0.328. The zero-order valence-corrected chi connectivity index (χ0v) is 14.5. The molecule has 7 heteroatoms. The summed E-state index contributed by atoms with van der Waals surface area (Å²) >= 11 is 0. The van der Waals surface area contributed by atoms with E-state index in [0.717, 1.165) is 0 Å². The summed E-state index contributed by atoms with van der Waals surface area (Å²) in [5.41, 5.74) is 1.06. The molecule has 2 aromatic carbocycles. The quantitative estimate of drug-likeness (QED) is 0.670. The van der Waals surface area contributed by atoms with Crippen LogP contribution < -0.4 is 20.7 Å². The second kappa shape index (κ2) is 9.83. The van der Waals surface area contributed by atoms with Crippen LogP contribution in [0.5, 0.6) is 5.75 Å². The molecule has 3 N–H and O–H groups in total.